The van der Waals surface area contributed by atoms with E-state index in [1.54, 1.807) is 6.26 Å². The van der Waals surface area contributed by atoms with Gasteiger partial charge in [-0.15, -0.1) is 0 Å². The summed E-state index contributed by atoms with van der Waals surface area (Å²) >= 11 is 0. The molecule has 2 aromatic carbocycles. The molecule has 2 nitrogen and oxygen atoms in total. The summed E-state index contributed by atoms with van der Waals surface area (Å²) in [6.45, 7) is 6.65. The van der Waals surface area contributed by atoms with E-state index in [4.69, 9.17) is 8.83 Å². The van der Waals surface area contributed by atoms with Crippen LogP contribution in [-0.4, -0.2) is 0 Å². The Kier molecular flexibility index (Phi) is 3.68. The second kappa shape index (κ2) is 5.86. The molecule has 2 heteroatoms. The smallest absolute Gasteiger partial charge is 0.134 e. The van der Waals surface area contributed by atoms with Crippen molar-refractivity contribution < 1.29 is 8.83 Å². The Balaban J connectivity index is 1.60. The summed E-state index contributed by atoms with van der Waals surface area (Å²) in [6, 6.07) is 17.1. The van der Waals surface area contributed by atoms with Crippen LogP contribution in [0.2, 0.25) is 0 Å². The lowest BCUT2D eigenvalue weighted by Gasteiger charge is -2.09. The second-order valence-electron chi connectivity index (χ2n) is 6.99. The molecule has 0 spiro atoms. The zero-order chi connectivity index (χ0) is 16.7. The predicted octanol–water partition coefficient (Wildman–Crippen LogP) is 6.65. The van der Waals surface area contributed by atoms with Crippen molar-refractivity contribution in [2.24, 2.45) is 0 Å². The summed E-state index contributed by atoms with van der Waals surface area (Å²) in [6.07, 6.45) is 2.63. The van der Waals surface area contributed by atoms with Crippen molar-refractivity contribution in [1.29, 1.82) is 0 Å². The molecule has 2 aromatic heterocycles. The maximum Gasteiger partial charge on any atom is 0.134 e. The minimum absolute atomic E-state index is 0.379. The summed E-state index contributed by atoms with van der Waals surface area (Å²) in [5.41, 5.74) is 4.54. The Morgan fingerprint density at radius 1 is 0.792 bits per heavy atom. The van der Waals surface area contributed by atoms with E-state index in [9.17, 15) is 0 Å². The van der Waals surface area contributed by atoms with Crippen molar-refractivity contribution in [3.8, 4) is 0 Å². The Labute approximate surface area is 142 Å². The van der Waals surface area contributed by atoms with E-state index in [0.717, 1.165) is 28.7 Å². The molecule has 2 heterocycles. The third-order valence-electron chi connectivity index (χ3n) is 4.82. The number of rotatable bonds is 4. The van der Waals surface area contributed by atoms with Crippen LogP contribution in [0.3, 0.4) is 0 Å². The maximum absolute atomic E-state index is 6.10. The zero-order valence-corrected chi connectivity index (χ0v) is 14.4. The van der Waals surface area contributed by atoms with Gasteiger partial charge in [-0.05, 0) is 47.2 Å². The first-order valence-electron chi connectivity index (χ1n) is 8.59. The quantitative estimate of drug-likeness (QED) is 0.421. The fourth-order valence-electron chi connectivity index (χ4n) is 3.26. The molecule has 1 unspecified atom stereocenters. The summed E-state index contributed by atoms with van der Waals surface area (Å²) in [5, 5.41) is 2.33. The molecule has 24 heavy (non-hydrogen) atoms. The van der Waals surface area contributed by atoms with Crippen molar-refractivity contribution in [2.75, 3.05) is 0 Å². The van der Waals surface area contributed by atoms with Crippen molar-refractivity contribution in [3.63, 3.8) is 0 Å². The van der Waals surface area contributed by atoms with Crippen molar-refractivity contribution in [2.45, 2.75) is 39.0 Å². The van der Waals surface area contributed by atoms with Gasteiger partial charge in [-0.3, -0.25) is 0 Å². The summed E-state index contributed by atoms with van der Waals surface area (Å²) < 4.78 is 11.6. The van der Waals surface area contributed by atoms with Crippen LogP contribution in [0.15, 0.2) is 63.6 Å². The standard InChI is InChI=1S/C22H22O2/c1-14(2)17-5-7-19-11-20(24-22(19)12-17)10-15(3)18-6-4-16-8-9-23-21(16)13-18/h4-9,11-15H,10H2,1-3H3. The van der Waals surface area contributed by atoms with Gasteiger partial charge >= 0.3 is 0 Å². The molecule has 0 aliphatic heterocycles. The molecular weight excluding hydrogens is 296 g/mol. The number of furan rings is 2. The minimum atomic E-state index is 0.379. The highest BCUT2D eigenvalue weighted by Crippen LogP contribution is 2.29. The molecule has 0 bridgehead atoms. The van der Waals surface area contributed by atoms with E-state index in [2.05, 4.69) is 63.2 Å². The van der Waals surface area contributed by atoms with Gasteiger partial charge in [-0.2, -0.15) is 0 Å². The minimum Gasteiger partial charge on any atom is -0.464 e. The van der Waals surface area contributed by atoms with E-state index < -0.39 is 0 Å². The highest BCUT2D eigenvalue weighted by atomic mass is 16.3. The summed E-state index contributed by atoms with van der Waals surface area (Å²) in [4.78, 5) is 0. The van der Waals surface area contributed by atoms with Gasteiger partial charge in [0.05, 0.1) is 6.26 Å². The van der Waals surface area contributed by atoms with Crippen LogP contribution in [-0.2, 0) is 6.42 Å². The number of hydrogen-bond donors (Lipinski definition) is 0. The van der Waals surface area contributed by atoms with Gasteiger partial charge < -0.3 is 8.83 Å². The van der Waals surface area contributed by atoms with E-state index >= 15 is 0 Å². The Bertz CT molecular complexity index is 987. The highest BCUT2D eigenvalue weighted by Gasteiger charge is 2.13. The van der Waals surface area contributed by atoms with E-state index in [-0.39, 0.29) is 0 Å². The van der Waals surface area contributed by atoms with Crippen LogP contribution < -0.4 is 0 Å². The fourth-order valence-corrected chi connectivity index (χ4v) is 3.26. The van der Waals surface area contributed by atoms with Gasteiger partial charge in [0.2, 0.25) is 0 Å². The molecule has 122 valence electrons. The van der Waals surface area contributed by atoms with E-state index in [1.807, 2.05) is 6.07 Å². The molecule has 0 fully saturated rings. The van der Waals surface area contributed by atoms with Gasteiger partial charge in [0.1, 0.15) is 16.9 Å². The van der Waals surface area contributed by atoms with Crippen molar-refractivity contribution >= 4 is 21.9 Å². The molecule has 1 atom stereocenters. The molecule has 0 N–H and O–H groups in total. The van der Waals surface area contributed by atoms with Crippen LogP contribution in [0.1, 0.15) is 49.5 Å². The third kappa shape index (κ3) is 2.73. The van der Waals surface area contributed by atoms with Gasteiger partial charge in [0.25, 0.3) is 0 Å². The van der Waals surface area contributed by atoms with Crippen LogP contribution in [0.25, 0.3) is 21.9 Å². The molecule has 0 aliphatic carbocycles. The Hall–Kier alpha value is -2.48. The molecule has 4 aromatic rings. The molecule has 4 rings (SSSR count). The Morgan fingerprint density at radius 2 is 1.54 bits per heavy atom. The van der Waals surface area contributed by atoms with Crippen LogP contribution in [0.5, 0.6) is 0 Å². The van der Waals surface area contributed by atoms with Gasteiger partial charge in [-0.25, -0.2) is 0 Å². The lowest BCUT2D eigenvalue weighted by molar-refractivity contribution is 0.526. The second-order valence-corrected chi connectivity index (χ2v) is 6.99. The number of benzene rings is 2. The summed E-state index contributed by atoms with van der Waals surface area (Å²) in [5.74, 6) is 1.93. The highest BCUT2D eigenvalue weighted by molar-refractivity contribution is 5.79. The lowest BCUT2D eigenvalue weighted by atomic mass is 9.96. The molecule has 0 amide bonds. The predicted molar refractivity (Wildman–Crippen MR) is 98.6 cm³/mol. The molecule has 0 saturated carbocycles. The van der Waals surface area contributed by atoms with Crippen LogP contribution >= 0.6 is 0 Å². The normalized spacial score (nSPS) is 13.2. The number of hydrogen-bond acceptors (Lipinski definition) is 2. The molecule has 0 aliphatic rings. The van der Waals surface area contributed by atoms with Crippen molar-refractivity contribution in [1.82, 2.24) is 0 Å². The maximum atomic E-state index is 6.10. The fraction of sp³-hybridized carbons (Fsp3) is 0.273. The topological polar surface area (TPSA) is 26.3 Å². The Morgan fingerprint density at radius 3 is 2.38 bits per heavy atom. The first kappa shape index (κ1) is 15.1. The first-order valence-corrected chi connectivity index (χ1v) is 8.59. The van der Waals surface area contributed by atoms with Gasteiger partial charge in [-0.1, -0.05) is 45.0 Å². The SMILES string of the molecule is CC(C)c1ccc2cc(CC(C)c3ccc4ccoc4c3)oc2c1. The number of fused-ring (bicyclic) bond motifs is 2. The van der Waals surface area contributed by atoms with Gasteiger partial charge in [0.15, 0.2) is 0 Å². The largest absolute Gasteiger partial charge is 0.464 e. The molecule has 0 saturated heterocycles. The zero-order valence-electron chi connectivity index (χ0n) is 14.4. The lowest BCUT2D eigenvalue weighted by Crippen LogP contribution is -1.97. The average Bonchev–Trinajstić information content (AvgIpc) is 3.18. The average molecular weight is 318 g/mol. The first-order chi connectivity index (χ1) is 11.6. The molecular formula is C22H22O2. The molecule has 0 radical (unpaired) electrons. The van der Waals surface area contributed by atoms with Crippen molar-refractivity contribution in [3.05, 3.63) is 71.7 Å². The third-order valence-corrected chi connectivity index (χ3v) is 4.82. The van der Waals surface area contributed by atoms with Crippen LogP contribution in [0.4, 0.5) is 0 Å². The van der Waals surface area contributed by atoms with E-state index in [0.29, 0.717) is 11.8 Å². The van der Waals surface area contributed by atoms with E-state index in [1.165, 1.54) is 16.5 Å². The summed E-state index contributed by atoms with van der Waals surface area (Å²) in [7, 11) is 0. The van der Waals surface area contributed by atoms with Crippen LogP contribution in [0, 0.1) is 0 Å². The van der Waals surface area contributed by atoms with Gasteiger partial charge in [0, 0.05) is 17.2 Å². The monoisotopic (exact) mass is 318 g/mol.